The van der Waals surface area contributed by atoms with E-state index in [1.165, 1.54) is 0 Å². The van der Waals surface area contributed by atoms with E-state index in [-0.39, 0.29) is 36.1 Å². The Morgan fingerprint density at radius 2 is 1.57 bits per heavy atom. The molecule has 0 atom stereocenters. The molecule has 1 aliphatic carbocycles. The lowest BCUT2D eigenvalue weighted by molar-refractivity contribution is -0.119. The summed E-state index contributed by atoms with van der Waals surface area (Å²) in [4.78, 5) is 36.2. The second kappa shape index (κ2) is 9.43. The minimum absolute atomic E-state index is 0.0532. The van der Waals surface area contributed by atoms with Crippen LogP contribution in [0.3, 0.4) is 0 Å². The van der Waals surface area contributed by atoms with E-state index in [2.05, 4.69) is 21.3 Å². The van der Waals surface area contributed by atoms with Crippen LogP contribution in [0.15, 0.2) is 42.5 Å². The van der Waals surface area contributed by atoms with Crippen molar-refractivity contribution in [3.8, 4) is 0 Å². The van der Waals surface area contributed by atoms with Crippen LogP contribution in [-0.2, 0) is 14.4 Å². The third-order valence-electron chi connectivity index (χ3n) is 4.92. The molecular formula is C23H28N4O3. The van der Waals surface area contributed by atoms with Gasteiger partial charge in [0, 0.05) is 34.6 Å². The highest BCUT2D eigenvalue weighted by Gasteiger charge is 2.29. The summed E-state index contributed by atoms with van der Waals surface area (Å²) in [7, 11) is 0. The first-order valence-corrected chi connectivity index (χ1v) is 10.2. The molecule has 0 heterocycles. The van der Waals surface area contributed by atoms with Crippen LogP contribution in [0.4, 0.5) is 22.7 Å². The molecule has 0 bridgehead atoms. The maximum absolute atomic E-state index is 12.4. The van der Waals surface area contributed by atoms with Crippen LogP contribution in [0, 0.1) is 18.8 Å². The molecule has 4 N–H and O–H groups in total. The smallest absolute Gasteiger partial charge is 0.243 e. The highest BCUT2D eigenvalue weighted by Crippen LogP contribution is 2.31. The van der Waals surface area contributed by atoms with Gasteiger partial charge < -0.3 is 21.3 Å². The molecule has 3 amide bonds. The van der Waals surface area contributed by atoms with Gasteiger partial charge in [-0.3, -0.25) is 14.4 Å². The monoisotopic (exact) mass is 408 g/mol. The predicted octanol–water partition coefficient (Wildman–Crippen LogP) is 3.99. The third-order valence-corrected chi connectivity index (χ3v) is 4.92. The van der Waals surface area contributed by atoms with Crippen LogP contribution in [0.5, 0.6) is 0 Å². The fraction of sp³-hybridized carbons (Fsp3) is 0.348. The summed E-state index contributed by atoms with van der Waals surface area (Å²) in [6.07, 6.45) is 1.90. The molecule has 2 aromatic rings. The molecule has 3 rings (SSSR count). The van der Waals surface area contributed by atoms with Gasteiger partial charge in [-0.05, 0) is 55.7 Å². The Labute approximate surface area is 176 Å². The minimum Gasteiger partial charge on any atom is -0.376 e. The first kappa shape index (κ1) is 21.4. The van der Waals surface area contributed by atoms with E-state index in [1.54, 1.807) is 24.3 Å². The Hall–Kier alpha value is -3.35. The second-order valence-corrected chi connectivity index (χ2v) is 7.87. The van der Waals surface area contributed by atoms with Crippen molar-refractivity contribution < 1.29 is 14.4 Å². The average Bonchev–Trinajstić information content (AvgIpc) is 3.54. The van der Waals surface area contributed by atoms with Crippen molar-refractivity contribution in [3.63, 3.8) is 0 Å². The number of benzene rings is 2. The van der Waals surface area contributed by atoms with E-state index in [0.717, 1.165) is 29.8 Å². The van der Waals surface area contributed by atoms with Crippen molar-refractivity contribution in [1.29, 1.82) is 0 Å². The lowest BCUT2D eigenvalue weighted by atomic mass is 10.1. The standard InChI is InChI=1S/C23H28N4O3/c1-14(2)22(29)26-18-7-4-6-17(12-18)25-21(28)13-24-19-8-5-9-20(15(19)3)27-23(30)16-10-11-16/h4-9,12,14,16,24H,10-11,13H2,1-3H3,(H,25,28)(H,26,29)(H,27,30). The summed E-state index contributed by atoms with van der Waals surface area (Å²) < 4.78 is 0. The van der Waals surface area contributed by atoms with Gasteiger partial charge in [0.15, 0.2) is 0 Å². The van der Waals surface area contributed by atoms with Gasteiger partial charge in [-0.25, -0.2) is 0 Å². The zero-order chi connectivity index (χ0) is 21.7. The largest absolute Gasteiger partial charge is 0.376 e. The number of hydrogen-bond donors (Lipinski definition) is 4. The number of carbonyl (C=O) groups is 3. The van der Waals surface area contributed by atoms with Crippen molar-refractivity contribution in [2.45, 2.75) is 33.6 Å². The maximum Gasteiger partial charge on any atom is 0.243 e. The highest BCUT2D eigenvalue weighted by molar-refractivity contribution is 5.97. The van der Waals surface area contributed by atoms with Crippen LogP contribution in [-0.4, -0.2) is 24.3 Å². The molecular weight excluding hydrogens is 380 g/mol. The van der Waals surface area contributed by atoms with Crippen LogP contribution >= 0.6 is 0 Å². The molecule has 0 spiro atoms. The molecule has 158 valence electrons. The average molecular weight is 409 g/mol. The highest BCUT2D eigenvalue weighted by atomic mass is 16.2. The van der Waals surface area contributed by atoms with E-state index in [0.29, 0.717) is 11.4 Å². The van der Waals surface area contributed by atoms with Crippen molar-refractivity contribution in [2.24, 2.45) is 11.8 Å². The first-order valence-electron chi connectivity index (χ1n) is 10.2. The molecule has 0 saturated heterocycles. The van der Waals surface area contributed by atoms with Gasteiger partial charge in [0.1, 0.15) is 0 Å². The fourth-order valence-corrected chi connectivity index (χ4v) is 2.88. The third kappa shape index (κ3) is 5.83. The summed E-state index contributed by atoms with van der Waals surface area (Å²) in [5.41, 5.74) is 3.67. The Balaban J connectivity index is 1.56. The van der Waals surface area contributed by atoms with Gasteiger partial charge in [-0.1, -0.05) is 26.0 Å². The molecule has 1 aliphatic rings. The van der Waals surface area contributed by atoms with E-state index in [4.69, 9.17) is 0 Å². The lowest BCUT2D eigenvalue weighted by Crippen LogP contribution is -2.22. The van der Waals surface area contributed by atoms with Gasteiger partial charge in [-0.15, -0.1) is 0 Å². The van der Waals surface area contributed by atoms with E-state index >= 15 is 0 Å². The van der Waals surface area contributed by atoms with Gasteiger partial charge >= 0.3 is 0 Å². The molecule has 7 heteroatoms. The van der Waals surface area contributed by atoms with Crippen LogP contribution in [0.1, 0.15) is 32.3 Å². The van der Waals surface area contributed by atoms with Crippen LogP contribution < -0.4 is 21.3 Å². The molecule has 1 saturated carbocycles. The number of carbonyl (C=O) groups excluding carboxylic acids is 3. The van der Waals surface area contributed by atoms with Crippen LogP contribution in [0.2, 0.25) is 0 Å². The SMILES string of the molecule is Cc1c(NCC(=O)Nc2cccc(NC(=O)C(C)C)c2)cccc1NC(=O)C1CC1. The van der Waals surface area contributed by atoms with Crippen molar-refractivity contribution in [2.75, 3.05) is 27.8 Å². The summed E-state index contributed by atoms with van der Waals surface area (Å²) in [6, 6.07) is 12.6. The second-order valence-electron chi connectivity index (χ2n) is 7.87. The molecule has 0 aromatic heterocycles. The predicted molar refractivity (Wildman–Crippen MR) is 120 cm³/mol. The fourth-order valence-electron chi connectivity index (χ4n) is 2.88. The zero-order valence-corrected chi connectivity index (χ0v) is 17.5. The van der Waals surface area contributed by atoms with Crippen molar-refractivity contribution >= 4 is 40.5 Å². The number of anilines is 4. The van der Waals surface area contributed by atoms with Gasteiger partial charge in [0.25, 0.3) is 0 Å². The van der Waals surface area contributed by atoms with Crippen LogP contribution in [0.25, 0.3) is 0 Å². The summed E-state index contributed by atoms with van der Waals surface area (Å²) in [5.74, 6) is -0.232. The normalized spacial score (nSPS) is 12.9. The van der Waals surface area contributed by atoms with Gasteiger partial charge in [0.05, 0.1) is 6.54 Å². The lowest BCUT2D eigenvalue weighted by Gasteiger charge is -2.14. The van der Waals surface area contributed by atoms with Crippen molar-refractivity contribution in [3.05, 3.63) is 48.0 Å². The topological polar surface area (TPSA) is 99.3 Å². The number of rotatable bonds is 8. The van der Waals surface area contributed by atoms with E-state index < -0.39 is 0 Å². The molecule has 2 aromatic carbocycles. The zero-order valence-electron chi connectivity index (χ0n) is 17.5. The van der Waals surface area contributed by atoms with Crippen molar-refractivity contribution in [1.82, 2.24) is 0 Å². The maximum atomic E-state index is 12.4. The Bertz CT molecular complexity index is 951. The minimum atomic E-state index is -0.214. The van der Waals surface area contributed by atoms with E-state index in [1.807, 2.05) is 39.0 Å². The van der Waals surface area contributed by atoms with Gasteiger partial charge in [0.2, 0.25) is 17.7 Å². The Morgan fingerprint density at radius 1 is 0.933 bits per heavy atom. The summed E-state index contributed by atoms with van der Waals surface area (Å²) >= 11 is 0. The van der Waals surface area contributed by atoms with Gasteiger partial charge in [-0.2, -0.15) is 0 Å². The molecule has 7 nitrogen and oxygen atoms in total. The summed E-state index contributed by atoms with van der Waals surface area (Å²) in [5, 5.41) is 11.7. The molecule has 0 radical (unpaired) electrons. The summed E-state index contributed by atoms with van der Waals surface area (Å²) in [6.45, 7) is 5.62. The Morgan fingerprint density at radius 3 is 2.23 bits per heavy atom. The van der Waals surface area contributed by atoms with E-state index in [9.17, 15) is 14.4 Å². The molecule has 1 fully saturated rings. The molecule has 0 aliphatic heterocycles. The number of hydrogen-bond acceptors (Lipinski definition) is 4. The molecule has 0 unspecified atom stereocenters. The number of nitrogens with one attached hydrogen (secondary N) is 4. The Kier molecular flexibility index (Phi) is 6.72. The first-order chi connectivity index (χ1) is 14.3. The number of amides is 3. The quantitative estimate of drug-likeness (QED) is 0.531. The molecule has 30 heavy (non-hydrogen) atoms.